The Morgan fingerprint density at radius 2 is 1.35 bits per heavy atom. The number of amides is 2. The molecule has 0 saturated carbocycles. The first-order chi connectivity index (χ1) is 19.6. The number of unbranched alkanes of at least 4 members (excludes halogenated alkanes) is 2. The number of piperidine rings is 1. The Balaban J connectivity index is 1.28. The number of rotatable bonds is 14. The summed E-state index contributed by atoms with van der Waals surface area (Å²) in [5.41, 5.74) is 2.72. The number of hydrogen-bond donors (Lipinski definition) is 2. The van der Waals surface area contributed by atoms with Gasteiger partial charge in [0, 0.05) is 32.5 Å². The molecule has 1 saturated heterocycles. The highest BCUT2D eigenvalue weighted by molar-refractivity contribution is 5.80. The molecule has 2 N–H and O–H groups in total. The van der Waals surface area contributed by atoms with Gasteiger partial charge >= 0.3 is 0 Å². The molecule has 5 heteroatoms. The van der Waals surface area contributed by atoms with Crippen molar-refractivity contribution in [1.82, 2.24) is 15.5 Å². The first-order valence-corrected chi connectivity index (χ1v) is 15.0. The van der Waals surface area contributed by atoms with Crippen molar-refractivity contribution in [3.05, 3.63) is 108 Å². The van der Waals surface area contributed by atoms with E-state index in [2.05, 4.69) is 58.9 Å². The van der Waals surface area contributed by atoms with Crippen molar-refractivity contribution in [2.75, 3.05) is 32.7 Å². The average molecular weight is 540 g/mol. The molecule has 0 unspecified atom stereocenters. The second-order valence-electron chi connectivity index (χ2n) is 11.0. The Labute approximate surface area is 240 Å². The fourth-order valence-corrected chi connectivity index (χ4v) is 6.04. The maximum atomic E-state index is 13.4. The zero-order valence-corrected chi connectivity index (χ0v) is 24.0. The fourth-order valence-electron chi connectivity index (χ4n) is 6.04. The van der Waals surface area contributed by atoms with Crippen molar-refractivity contribution in [2.24, 2.45) is 5.92 Å². The standard InChI is InChI=1S/C35H45N3O2/c1-2-38-25-15-16-29(28-38)27-37-33(39)23-13-6-14-24-36-34(40)26-35(30-17-7-3-8-18-30,31-19-9-4-10-20-31)32-21-11-5-12-22-32/h3-5,7-12,17-22,29H,2,6,13-16,23-28H2,1H3,(H,36,40)(H,37,39)/t29-/m1/s1. The molecule has 3 aromatic carbocycles. The third-order valence-corrected chi connectivity index (χ3v) is 8.27. The Morgan fingerprint density at radius 1 is 0.775 bits per heavy atom. The summed E-state index contributed by atoms with van der Waals surface area (Å²) >= 11 is 0. The van der Waals surface area contributed by atoms with E-state index in [0.717, 1.165) is 55.6 Å². The number of carbonyl (C=O) groups is 2. The third-order valence-electron chi connectivity index (χ3n) is 8.27. The summed E-state index contributed by atoms with van der Waals surface area (Å²) in [5, 5.41) is 6.31. The molecule has 212 valence electrons. The molecule has 5 nitrogen and oxygen atoms in total. The minimum absolute atomic E-state index is 0.0305. The number of carbonyl (C=O) groups excluding carboxylic acids is 2. The second kappa shape index (κ2) is 15.4. The number of nitrogens with zero attached hydrogens (tertiary/aromatic N) is 1. The van der Waals surface area contributed by atoms with Crippen LogP contribution in [0.25, 0.3) is 0 Å². The zero-order chi connectivity index (χ0) is 28.0. The predicted molar refractivity (Wildman–Crippen MR) is 163 cm³/mol. The van der Waals surface area contributed by atoms with Gasteiger partial charge in [-0.25, -0.2) is 0 Å². The third kappa shape index (κ3) is 8.04. The Kier molecular flexibility index (Phi) is 11.4. The Hall–Kier alpha value is -3.44. The normalized spacial score (nSPS) is 15.9. The van der Waals surface area contributed by atoms with Crippen molar-refractivity contribution in [1.29, 1.82) is 0 Å². The number of benzene rings is 3. The summed E-state index contributed by atoms with van der Waals surface area (Å²) in [6.45, 7) is 6.98. The lowest BCUT2D eigenvalue weighted by Crippen LogP contribution is -2.40. The molecule has 3 aromatic rings. The summed E-state index contributed by atoms with van der Waals surface area (Å²) in [4.78, 5) is 28.2. The lowest BCUT2D eigenvalue weighted by Gasteiger charge is -2.35. The van der Waals surface area contributed by atoms with Crippen LogP contribution in [0.4, 0.5) is 0 Å². The molecular formula is C35H45N3O2. The average Bonchev–Trinajstić information content (AvgIpc) is 3.02. The van der Waals surface area contributed by atoms with E-state index in [1.165, 1.54) is 19.4 Å². The molecule has 1 heterocycles. The van der Waals surface area contributed by atoms with Gasteiger partial charge in [-0.05, 0) is 61.4 Å². The van der Waals surface area contributed by atoms with E-state index < -0.39 is 5.41 Å². The van der Waals surface area contributed by atoms with Crippen LogP contribution in [0.3, 0.4) is 0 Å². The lowest BCUT2D eigenvalue weighted by atomic mass is 9.67. The van der Waals surface area contributed by atoms with E-state index in [9.17, 15) is 9.59 Å². The number of hydrogen-bond acceptors (Lipinski definition) is 3. The van der Waals surface area contributed by atoms with E-state index in [0.29, 0.717) is 25.3 Å². The Morgan fingerprint density at radius 3 is 1.90 bits per heavy atom. The van der Waals surface area contributed by atoms with E-state index in [1.54, 1.807) is 0 Å². The van der Waals surface area contributed by atoms with E-state index in [-0.39, 0.29) is 11.8 Å². The highest BCUT2D eigenvalue weighted by atomic mass is 16.2. The molecule has 1 fully saturated rings. The van der Waals surface area contributed by atoms with Gasteiger partial charge < -0.3 is 15.5 Å². The minimum Gasteiger partial charge on any atom is -0.356 e. The summed E-state index contributed by atoms with van der Waals surface area (Å²) < 4.78 is 0. The maximum absolute atomic E-state index is 13.4. The van der Waals surface area contributed by atoms with Crippen molar-refractivity contribution < 1.29 is 9.59 Å². The van der Waals surface area contributed by atoms with Crippen LogP contribution < -0.4 is 10.6 Å². The summed E-state index contributed by atoms with van der Waals surface area (Å²) in [7, 11) is 0. The molecule has 4 rings (SSSR count). The van der Waals surface area contributed by atoms with Crippen LogP contribution in [-0.4, -0.2) is 49.4 Å². The molecule has 0 aromatic heterocycles. The Bertz CT molecular complexity index is 1070. The minimum atomic E-state index is -0.585. The molecule has 0 aliphatic carbocycles. The molecule has 1 aliphatic heterocycles. The van der Waals surface area contributed by atoms with Crippen molar-refractivity contribution >= 4 is 11.8 Å². The van der Waals surface area contributed by atoms with Gasteiger partial charge in [0.15, 0.2) is 0 Å². The van der Waals surface area contributed by atoms with Crippen molar-refractivity contribution in [3.63, 3.8) is 0 Å². The lowest BCUT2D eigenvalue weighted by molar-refractivity contribution is -0.122. The summed E-state index contributed by atoms with van der Waals surface area (Å²) in [6.07, 6.45) is 5.93. The highest BCUT2D eigenvalue weighted by Crippen LogP contribution is 2.42. The number of likely N-dealkylation sites (tertiary alicyclic amines) is 1. The van der Waals surface area contributed by atoms with Gasteiger partial charge in [-0.2, -0.15) is 0 Å². The van der Waals surface area contributed by atoms with Gasteiger partial charge in [-0.3, -0.25) is 9.59 Å². The highest BCUT2D eigenvalue weighted by Gasteiger charge is 2.38. The molecular weight excluding hydrogens is 494 g/mol. The van der Waals surface area contributed by atoms with Crippen LogP contribution in [0.15, 0.2) is 91.0 Å². The number of nitrogens with one attached hydrogen (secondary N) is 2. The predicted octanol–water partition coefficient (Wildman–Crippen LogP) is 5.94. The van der Waals surface area contributed by atoms with Crippen LogP contribution in [0.2, 0.25) is 0 Å². The van der Waals surface area contributed by atoms with Crippen LogP contribution in [0, 0.1) is 5.92 Å². The van der Waals surface area contributed by atoms with E-state index in [4.69, 9.17) is 0 Å². The molecule has 1 atom stereocenters. The van der Waals surface area contributed by atoms with Crippen LogP contribution in [-0.2, 0) is 15.0 Å². The largest absolute Gasteiger partial charge is 0.356 e. The van der Waals surface area contributed by atoms with Gasteiger partial charge in [-0.15, -0.1) is 0 Å². The summed E-state index contributed by atoms with van der Waals surface area (Å²) in [6, 6.07) is 31.0. The molecule has 2 amide bonds. The molecule has 40 heavy (non-hydrogen) atoms. The van der Waals surface area contributed by atoms with Crippen molar-refractivity contribution in [3.8, 4) is 0 Å². The smallest absolute Gasteiger partial charge is 0.221 e. The summed E-state index contributed by atoms with van der Waals surface area (Å²) in [5.74, 6) is 0.751. The van der Waals surface area contributed by atoms with E-state index >= 15 is 0 Å². The van der Waals surface area contributed by atoms with Gasteiger partial charge in [-0.1, -0.05) is 104 Å². The fraction of sp³-hybridized carbons (Fsp3) is 0.429. The second-order valence-corrected chi connectivity index (χ2v) is 11.0. The van der Waals surface area contributed by atoms with Crippen LogP contribution >= 0.6 is 0 Å². The first kappa shape index (κ1) is 29.5. The quantitative estimate of drug-likeness (QED) is 0.197. The monoisotopic (exact) mass is 539 g/mol. The molecule has 1 aliphatic rings. The van der Waals surface area contributed by atoms with Gasteiger partial charge in [0.05, 0.1) is 5.41 Å². The van der Waals surface area contributed by atoms with Gasteiger partial charge in [0.1, 0.15) is 0 Å². The van der Waals surface area contributed by atoms with Crippen molar-refractivity contribution in [2.45, 2.75) is 57.3 Å². The molecule has 0 bridgehead atoms. The zero-order valence-electron chi connectivity index (χ0n) is 24.0. The maximum Gasteiger partial charge on any atom is 0.221 e. The van der Waals surface area contributed by atoms with Gasteiger partial charge in [0.25, 0.3) is 0 Å². The van der Waals surface area contributed by atoms with Gasteiger partial charge in [0.2, 0.25) is 11.8 Å². The molecule has 0 radical (unpaired) electrons. The van der Waals surface area contributed by atoms with E-state index in [1.807, 2.05) is 54.6 Å². The molecule has 0 spiro atoms. The topological polar surface area (TPSA) is 61.4 Å². The SMILES string of the molecule is CCN1CCC[C@H](CNC(=O)CCCCCNC(=O)CC(c2ccccc2)(c2ccccc2)c2ccccc2)C1. The van der Waals surface area contributed by atoms with Crippen LogP contribution in [0.1, 0.15) is 68.6 Å². The first-order valence-electron chi connectivity index (χ1n) is 15.0. The van der Waals surface area contributed by atoms with Crippen LogP contribution in [0.5, 0.6) is 0 Å².